The third-order valence-electron chi connectivity index (χ3n) is 5.38. The second-order valence-electron chi connectivity index (χ2n) is 7.52. The van der Waals surface area contributed by atoms with E-state index in [0.717, 1.165) is 35.2 Å². The van der Waals surface area contributed by atoms with Gasteiger partial charge in [0.2, 0.25) is 0 Å². The van der Waals surface area contributed by atoms with Crippen LogP contribution in [0.4, 0.5) is 4.39 Å². The Labute approximate surface area is 181 Å². The van der Waals surface area contributed by atoms with Crippen LogP contribution in [-0.2, 0) is 13.1 Å². The predicted octanol–water partition coefficient (Wildman–Crippen LogP) is 5.69. The number of carbonyl (C=O) groups excluding carboxylic acids is 1. The summed E-state index contributed by atoms with van der Waals surface area (Å²) in [7, 11) is 0. The minimum absolute atomic E-state index is 0.119. The predicted molar refractivity (Wildman–Crippen MR) is 124 cm³/mol. The molecule has 3 nitrogen and oxygen atoms in total. The second kappa shape index (κ2) is 9.54. The fraction of sp³-hybridized carbons (Fsp3) is 0.148. The lowest BCUT2D eigenvalue weighted by Crippen LogP contribution is -2.22. The van der Waals surface area contributed by atoms with E-state index in [9.17, 15) is 9.18 Å². The van der Waals surface area contributed by atoms with E-state index in [1.54, 1.807) is 24.3 Å². The van der Waals surface area contributed by atoms with Gasteiger partial charge in [0.25, 0.3) is 5.91 Å². The van der Waals surface area contributed by atoms with Crippen molar-refractivity contribution in [3.63, 3.8) is 0 Å². The molecule has 4 aromatic carbocycles. The number of halogens is 1. The van der Waals surface area contributed by atoms with Crippen LogP contribution in [0.5, 0.6) is 0 Å². The zero-order chi connectivity index (χ0) is 21.6. The van der Waals surface area contributed by atoms with Gasteiger partial charge in [-0.15, -0.1) is 0 Å². The Morgan fingerprint density at radius 3 is 2.26 bits per heavy atom. The lowest BCUT2D eigenvalue weighted by Gasteiger charge is -2.11. The van der Waals surface area contributed by atoms with Gasteiger partial charge in [-0.2, -0.15) is 0 Å². The van der Waals surface area contributed by atoms with Gasteiger partial charge in [-0.3, -0.25) is 4.79 Å². The average molecular weight is 413 g/mol. The Balaban J connectivity index is 1.44. The molecule has 0 aliphatic rings. The molecule has 0 bridgehead atoms. The maximum atomic E-state index is 13.1. The summed E-state index contributed by atoms with van der Waals surface area (Å²) in [5.41, 5.74) is 4.79. The van der Waals surface area contributed by atoms with Crippen LogP contribution in [0.2, 0.25) is 0 Å². The normalized spacial score (nSPS) is 10.9. The maximum absolute atomic E-state index is 13.1. The van der Waals surface area contributed by atoms with Crippen LogP contribution in [0.25, 0.3) is 21.9 Å². The first-order valence-electron chi connectivity index (χ1n) is 10.5. The third-order valence-corrected chi connectivity index (χ3v) is 5.38. The standard InChI is InChI=1S/C27H25FN2O/c1-2-29-17-19-6-15-26-23(16-19)4-3-5-24(26)18-30-27(31)22-9-7-20(8-10-22)21-11-13-25(28)14-12-21/h3-16,29H,2,17-18H2,1H3,(H,30,31). The summed E-state index contributed by atoms with van der Waals surface area (Å²) in [5.74, 6) is -0.381. The molecule has 4 heteroatoms. The molecule has 0 radical (unpaired) electrons. The summed E-state index contributed by atoms with van der Waals surface area (Å²) in [6, 6.07) is 26.3. The summed E-state index contributed by atoms with van der Waals surface area (Å²) >= 11 is 0. The molecule has 2 N–H and O–H groups in total. The molecule has 0 aromatic heterocycles. The zero-order valence-electron chi connectivity index (χ0n) is 17.5. The number of hydrogen-bond donors (Lipinski definition) is 2. The Kier molecular flexibility index (Phi) is 6.39. The van der Waals surface area contributed by atoms with E-state index < -0.39 is 0 Å². The van der Waals surface area contributed by atoms with Gasteiger partial charge in [0, 0.05) is 18.7 Å². The van der Waals surface area contributed by atoms with Gasteiger partial charge in [-0.05, 0) is 69.9 Å². The Morgan fingerprint density at radius 2 is 1.55 bits per heavy atom. The molecule has 0 heterocycles. The molecule has 0 aliphatic heterocycles. The van der Waals surface area contributed by atoms with Crippen LogP contribution in [0.15, 0.2) is 84.9 Å². The lowest BCUT2D eigenvalue weighted by molar-refractivity contribution is 0.0951. The van der Waals surface area contributed by atoms with E-state index in [2.05, 4.69) is 41.8 Å². The highest BCUT2D eigenvalue weighted by atomic mass is 19.1. The van der Waals surface area contributed by atoms with E-state index in [4.69, 9.17) is 0 Å². The highest BCUT2D eigenvalue weighted by Crippen LogP contribution is 2.22. The first kappa shape index (κ1) is 20.8. The molecule has 0 atom stereocenters. The number of carbonyl (C=O) groups is 1. The number of amides is 1. The van der Waals surface area contributed by atoms with E-state index in [1.165, 1.54) is 23.1 Å². The Bertz CT molecular complexity index is 1180. The molecule has 1 amide bonds. The van der Waals surface area contributed by atoms with Gasteiger partial charge in [-0.1, -0.05) is 61.5 Å². The van der Waals surface area contributed by atoms with Crippen molar-refractivity contribution in [2.75, 3.05) is 6.54 Å². The molecular weight excluding hydrogens is 387 g/mol. The minimum atomic E-state index is -0.262. The van der Waals surface area contributed by atoms with Crippen molar-refractivity contribution in [1.82, 2.24) is 10.6 Å². The van der Waals surface area contributed by atoms with Crippen molar-refractivity contribution in [2.24, 2.45) is 0 Å². The second-order valence-corrected chi connectivity index (χ2v) is 7.52. The van der Waals surface area contributed by atoms with Gasteiger partial charge < -0.3 is 10.6 Å². The van der Waals surface area contributed by atoms with Crippen LogP contribution in [0.3, 0.4) is 0 Å². The van der Waals surface area contributed by atoms with Gasteiger partial charge in [-0.25, -0.2) is 4.39 Å². The van der Waals surface area contributed by atoms with Crippen LogP contribution < -0.4 is 10.6 Å². The minimum Gasteiger partial charge on any atom is -0.348 e. The molecule has 0 fully saturated rings. The molecule has 0 aliphatic carbocycles. The fourth-order valence-corrected chi connectivity index (χ4v) is 3.67. The van der Waals surface area contributed by atoms with Crippen LogP contribution in [0, 0.1) is 5.82 Å². The Morgan fingerprint density at radius 1 is 0.839 bits per heavy atom. The third kappa shape index (κ3) is 4.98. The maximum Gasteiger partial charge on any atom is 0.251 e. The lowest BCUT2D eigenvalue weighted by atomic mass is 10.0. The molecule has 0 unspecified atom stereocenters. The smallest absolute Gasteiger partial charge is 0.251 e. The average Bonchev–Trinajstić information content (AvgIpc) is 2.81. The van der Waals surface area contributed by atoms with Crippen molar-refractivity contribution in [3.05, 3.63) is 107 Å². The summed E-state index contributed by atoms with van der Waals surface area (Å²) in [6.07, 6.45) is 0. The van der Waals surface area contributed by atoms with Crippen LogP contribution in [-0.4, -0.2) is 12.5 Å². The number of benzene rings is 4. The molecule has 0 saturated carbocycles. The highest BCUT2D eigenvalue weighted by molar-refractivity contribution is 5.95. The van der Waals surface area contributed by atoms with Crippen molar-refractivity contribution < 1.29 is 9.18 Å². The van der Waals surface area contributed by atoms with E-state index in [0.29, 0.717) is 12.1 Å². The molecule has 156 valence electrons. The van der Waals surface area contributed by atoms with E-state index >= 15 is 0 Å². The number of nitrogens with one attached hydrogen (secondary N) is 2. The SMILES string of the molecule is CCNCc1ccc2c(CNC(=O)c3ccc(-c4ccc(F)cc4)cc3)cccc2c1. The van der Waals surface area contributed by atoms with Crippen LogP contribution >= 0.6 is 0 Å². The van der Waals surface area contributed by atoms with Gasteiger partial charge in [0.05, 0.1) is 0 Å². The van der Waals surface area contributed by atoms with Gasteiger partial charge in [0.1, 0.15) is 5.82 Å². The zero-order valence-corrected chi connectivity index (χ0v) is 17.5. The molecule has 4 rings (SSSR count). The van der Waals surface area contributed by atoms with Crippen molar-refractivity contribution in [2.45, 2.75) is 20.0 Å². The largest absolute Gasteiger partial charge is 0.348 e. The number of rotatable bonds is 7. The first-order valence-corrected chi connectivity index (χ1v) is 10.5. The number of hydrogen-bond acceptors (Lipinski definition) is 2. The molecule has 4 aromatic rings. The van der Waals surface area contributed by atoms with E-state index in [-0.39, 0.29) is 11.7 Å². The highest BCUT2D eigenvalue weighted by Gasteiger charge is 2.08. The summed E-state index contributed by atoms with van der Waals surface area (Å²) in [6.45, 7) is 4.34. The van der Waals surface area contributed by atoms with Gasteiger partial charge in [0.15, 0.2) is 0 Å². The van der Waals surface area contributed by atoms with E-state index in [1.807, 2.05) is 24.3 Å². The summed E-state index contributed by atoms with van der Waals surface area (Å²) < 4.78 is 13.1. The fourth-order valence-electron chi connectivity index (χ4n) is 3.67. The Hall–Kier alpha value is -3.50. The molecule has 0 spiro atoms. The van der Waals surface area contributed by atoms with Crippen molar-refractivity contribution in [1.29, 1.82) is 0 Å². The number of fused-ring (bicyclic) bond motifs is 1. The van der Waals surface area contributed by atoms with Crippen molar-refractivity contribution in [3.8, 4) is 11.1 Å². The van der Waals surface area contributed by atoms with Crippen molar-refractivity contribution >= 4 is 16.7 Å². The molecular formula is C27H25FN2O. The summed E-state index contributed by atoms with van der Waals surface area (Å²) in [5, 5.41) is 8.69. The topological polar surface area (TPSA) is 41.1 Å². The van der Waals surface area contributed by atoms with Crippen LogP contribution in [0.1, 0.15) is 28.4 Å². The first-order chi connectivity index (χ1) is 15.1. The van der Waals surface area contributed by atoms with Gasteiger partial charge >= 0.3 is 0 Å². The monoisotopic (exact) mass is 412 g/mol. The summed E-state index contributed by atoms with van der Waals surface area (Å²) in [4.78, 5) is 12.6. The quantitative estimate of drug-likeness (QED) is 0.410. The molecule has 0 saturated heterocycles. The molecule has 31 heavy (non-hydrogen) atoms.